The fourth-order valence-electron chi connectivity index (χ4n) is 1.40. The highest BCUT2D eigenvalue weighted by Crippen LogP contribution is 2.30. The molecule has 1 unspecified atom stereocenters. The second-order valence-corrected chi connectivity index (χ2v) is 4.39. The molecule has 0 aliphatic heterocycles. The van der Waals surface area contributed by atoms with Crippen molar-refractivity contribution in [1.82, 2.24) is 0 Å². The first-order valence-corrected chi connectivity index (χ1v) is 5.05. The predicted octanol–water partition coefficient (Wildman–Crippen LogP) is 3.36. The Balaban J connectivity index is 3.40. The summed E-state index contributed by atoms with van der Waals surface area (Å²) >= 11 is 0. The van der Waals surface area contributed by atoms with Gasteiger partial charge < -0.3 is 5.11 Å². The van der Waals surface area contributed by atoms with Crippen LogP contribution in [0.3, 0.4) is 0 Å². The number of rotatable bonds is 3. The van der Waals surface area contributed by atoms with E-state index in [9.17, 15) is 18.0 Å². The second-order valence-electron chi connectivity index (χ2n) is 4.39. The Morgan fingerprint density at radius 2 is 1.88 bits per heavy atom. The highest BCUT2D eigenvalue weighted by atomic mass is 19.2. The smallest absolute Gasteiger partial charge is 0.310 e. The van der Waals surface area contributed by atoms with Gasteiger partial charge in [-0.15, -0.1) is 0 Å². The van der Waals surface area contributed by atoms with E-state index >= 15 is 0 Å². The van der Waals surface area contributed by atoms with Gasteiger partial charge in [0.15, 0.2) is 11.6 Å². The molecule has 5 heteroatoms. The quantitative estimate of drug-likeness (QED) is 0.887. The third kappa shape index (κ3) is 2.78. The van der Waals surface area contributed by atoms with Crippen LogP contribution in [0.1, 0.15) is 37.8 Å². The maximum atomic E-state index is 13.6. The minimum absolute atomic E-state index is 0.0838. The maximum Gasteiger partial charge on any atom is 0.310 e. The molecule has 1 aromatic carbocycles. The number of carbonyl (C=O) groups is 1. The molecular formula is C12H13F3O2. The van der Waals surface area contributed by atoms with Crippen LogP contribution in [0.25, 0.3) is 0 Å². The normalized spacial score (nSPS) is 13.5. The summed E-state index contributed by atoms with van der Waals surface area (Å²) in [7, 11) is 0. The van der Waals surface area contributed by atoms with E-state index in [1.54, 1.807) is 0 Å². The van der Waals surface area contributed by atoms with Gasteiger partial charge in [0.2, 0.25) is 0 Å². The first-order chi connectivity index (χ1) is 7.64. The largest absolute Gasteiger partial charge is 0.481 e. The van der Waals surface area contributed by atoms with Crippen LogP contribution < -0.4 is 0 Å². The van der Waals surface area contributed by atoms with E-state index in [0.717, 1.165) is 12.1 Å². The predicted molar refractivity (Wildman–Crippen MR) is 56.5 cm³/mol. The topological polar surface area (TPSA) is 37.3 Å². The third-order valence-electron chi connectivity index (χ3n) is 2.58. The lowest BCUT2D eigenvalue weighted by Gasteiger charge is -2.18. The van der Waals surface area contributed by atoms with Gasteiger partial charge in [0, 0.05) is 5.56 Å². The molecule has 1 aromatic rings. The molecule has 2 nitrogen and oxygen atoms in total. The molecule has 0 aromatic heterocycles. The monoisotopic (exact) mass is 246 g/mol. The van der Waals surface area contributed by atoms with Crippen LogP contribution in [0, 0.1) is 11.6 Å². The Morgan fingerprint density at radius 1 is 1.35 bits per heavy atom. The molecule has 0 spiro atoms. The molecule has 0 amide bonds. The summed E-state index contributed by atoms with van der Waals surface area (Å²) in [5.74, 6) is -5.01. The van der Waals surface area contributed by atoms with Gasteiger partial charge in [-0.25, -0.2) is 13.2 Å². The van der Waals surface area contributed by atoms with Crippen LogP contribution in [0.15, 0.2) is 12.1 Å². The number of benzene rings is 1. The minimum atomic E-state index is -1.86. The lowest BCUT2D eigenvalue weighted by atomic mass is 9.92. The molecule has 0 heterocycles. The van der Waals surface area contributed by atoms with E-state index in [-0.39, 0.29) is 11.1 Å². The molecule has 0 bridgehead atoms. The lowest BCUT2D eigenvalue weighted by molar-refractivity contribution is -0.138. The van der Waals surface area contributed by atoms with Crippen molar-refractivity contribution in [3.63, 3.8) is 0 Å². The summed E-state index contributed by atoms with van der Waals surface area (Å²) in [5.41, 5.74) is -2.29. The molecule has 1 rings (SSSR count). The van der Waals surface area contributed by atoms with Crippen LogP contribution in [0.5, 0.6) is 0 Å². The average molecular weight is 246 g/mol. The standard InChI is InChI=1S/C12H13F3O2/c1-6(11(16)17)8-4-7(12(2,3)15)5-9(13)10(8)14/h4-6H,1-3H3,(H,16,17). The van der Waals surface area contributed by atoms with Crippen molar-refractivity contribution in [2.45, 2.75) is 32.4 Å². The Morgan fingerprint density at radius 3 is 2.29 bits per heavy atom. The van der Waals surface area contributed by atoms with Crippen molar-refractivity contribution in [1.29, 1.82) is 0 Å². The number of alkyl halides is 1. The average Bonchev–Trinajstić information content (AvgIpc) is 2.19. The van der Waals surface area contributed by atoms with Gasteiger partial charge in [0.1, 0.15) is 5.67 Å². The van der Waals surface area contributed by atoms with E-state index in [0.29, 0.717) is 0 Å². The van der Waals surface area contributed by atoms with E-state index in [1.807, 2.05) is 0 Å². The second kappa shape index (κ2) is 4.39. The van der Waals surface area contributed by atoms with Crippen molar-refractivity contribution in [2.24, 2.45) is 0 Å². The van der Waals surface area contributed by atoms with E-state index in [4.69, 9.17) is 5.11 Å². The summed E-state index contributed by atoms with van der Waals surface area (Å²) in [4.78, 5) is 10.7. The van der Waals surface area contributed by atoms with Gasteiger partial charge in [-0.3, -0.25) is 4.79 Å². The van der Waals surface area contributed by atoms with E-state index in [1.165, 1.54) is 20.8 Å². The van der Waals surface area contributed by atoms with Gasteiger partial charge in [-0.2, -0.15) is 0 Å². The van der Waals surface area contributed by atoms with Crippen LogP contribution in [-0.4, -0.2) is 11.1 Å². The SMILES string of the molecule is CC(C(=O)O)c1cc(C(C)(C)F)cc(F)c1F. The first kappa shape index (κ1) is 13.5. The van der Waals surface area contributed by atoms with Crippen LogP contribution >= 0.6 is 0 Å². The van der Waals surface area contributed by atoms with Crippen molar-refractivity contribution >= 4 is 5.97 Å². The molecular weight excluding hydrogens is 233 g/mol. The van der Waals surface area contributed by atoms with Gasteiger partial charge >= 0.3 is 5.97 Å². The van der Waals surface area contributed by atoms with Gasteiger partial charge in [0.05, 0.1) is 5.92 Å². The van der Waals surface area contributed by atoms with Gasteiger partial charge in [-0.05, 0) is 38.5 Å². The number of hydrogen-bond donors (Lipinski definition) is 1. The molecule has 0 aliphatic rings. The molecule has 0 saturated carbocycles. The maximum absolute atomic E-state index is 13.6. The number of aliphatic carboxylic acids is 1. The Labute approximate surface area is 97.1 Å². The summed E-state index contributed by atoms with van der Waals surface area (Å²) in [6, 6.07) is 1.80. The molecule has 0 fully saturated rings. The first-order valence-electron chi connectivity index (χ1n) is 5.05. The summed E-state index contributed by atoms with van der Waals surface area (Å²) in [6.07, 6.45) is 0. The fourth-order valence-corrected chi connectivity index (χ4v) is 1.40. The fraction of sp³-hybridized carbons (Fsp3) is 0.417. The van der Waals surface area contributed by atoms with Crippen LogP contribution in [0.2, 0.25) is 0 Å². The highest BCUT2D eigenvalue weighted by Gasteiger charge is 2.26. The van der Waals surface area contributed by atoms with Gasteiger partial charge in [-0.1, -0.05) is 0 Å². The summed E-state index contributed by atoms with van der Waals surface area (Å²) in [6.45, 7) is 3.60. The zero-order valence-electron chi connectivity index (χ0n) is 9.72. The Bertz CT molecular complexity index is 450. The van der Waals surface area contributed by atoms with Gasteiger partial charge in [0.25, 0.3) is 0 Å². The molecule has 94 valence electrons. The van der Waals surface area contributed by atoms with Crippen molar-refractivity contribution < 1.29 is 23.1 Å². The van der Waals surface area contributed by atoms with E-state index < -0.39 is 29.2 Å². The molecule has 17 heavy (non-hydrogen) atoms. The number of carboxylic acids is 1. The lowest BCUT2D eigenvalue weighted by Crippen LogP contribution is -2.15. The molecule has 0 radical (unpaired) electrons. The number of carboxylic acid groups (broad SMARTS) is 1. The summed E-state index contributed by atoms with van der Waals surface area (Å²) in [5, 5.41) is 8.76. The van der Waals surface area contributed by atoms with Crippen LogP contribution in [-0.2, 0) is 10.5 Å². The minimum Gasteiger partial charge on any atom is -0.481 e. The molecule has 0 aliphatic carbocycles. The summed E-state index contributed by atoms with van der Waals surface area (Å²) < 4.78 is 40.3. The zero-order valence-corrected chi connectivity index (χ0v) is 9.72. The van der Waals surface area contributed by atoms with Crippen molar-refractivity contribution in [3.05, 3.63) is 34.9 Å². The number of hydrogen-bond acceptors (Lipinski definition) is 1. The van der Waals surface area contributed by atoms with Crippen molar-refractivity contribution in [2.75, 3.05) is 0 Å². The van der Waals surface area contributed by atoms with Crippen molar-refractivity contribution in [3.8, 4) is 0 Å². The molecule has 1 atom stereocenters. The molecule has 0 saturated heterocycles. The highest BCUT2D eigenvalue weighted by molar-refractivity contribution is 5.75. The molecule has 1 N–H and O–H groups in total. The third-order valence-corrected chi connectivity index (χ3v) is 2.58. The number of halogens is 3. The Kier molecular flexibility index (Phi) is 3.50. The van der Waals surface area contributed by atoms with Crippen LogP contribution in [0.4, 0.5) is 13.2 Å². The van der Waals surface area contributed by atoms with E-state index in [2.05, 4.69) is 0 Å². The Hall–Kier alpha value is -1.52. The zero-order chi connectivity index (χ0) is 13.4.